The fraction of sp³-hybridized carbons (Fsp3) is 0.111. The van der Waals surface area contributed by atoms with Crippen molar-refractivity contribution in [1.82, 2.24) is 15.1 Å². The van der Waals surface area contributed by atoms with Crippen molar-refractivity contribution in [2.24, 2.45) is 0 Å². The smallest absolute Gasteiger partial charge is 0.377 e. The number of hydrogen-bond donors (Lipinski definition) is 1. The molecule has 0 unspecified atom stereocenters. The maximum atomic E-state index is 12.5. The molecule has 0 aliphatic carbocycles. The number of hydrogen-bond acceptors (Lipinski definition) is 7. The van der Waals surface area contributed by atoms with Gasteiger partial charge in [0.25, 0.3) is 5.56 Å². The van der Waals surface area contributed by atoms with Crippen LogP contribution in [0, 0.1) is 6.92 Å². The third-order valence-corrected chi connectivity index (χ3v) is 4.62. The van der Waals surface area contributed by atoms with E-state index in [0.29, 0.717) is 15.9 Å². The highest BCUT2D eigenvalue weighted by Gasteiger charge is 2.16. The Balaban J connectivity index is 1.60. The van der Waals surface area contributed by atoms with Crippen LogP contribution in [0.1, 0.15) is 22.1 Å². The van der Waals surface area contributed by atoms with Crippen LogP contribution in [0.3, 0.4) is 0 Å². The molecule has 7 nitrogen and oxygen atoms in total. The first kappa shape index (κ1) is 16.2. The molecule has 1 aromatic carbocycles. The first-order valence-corrected chi connectivity index (χ1v) is 8.66. The van der Waals surface area contributed by atoms with Crippen LogP contribution in [0.25, 0.3) is 21.3 Å². The van der Waals surface area contributed by atoms with E-state index in [9.17, 15) is 9.59 Å². The number of thiophene rings is 1. The van der Waals surface area contributed by atoms with Crippen LogP contribution in [0.15, 0.2) is 51.1 Å². The molecule has 3 heterocycles. The van der Waals surface area contributed by atoms with Crippen LogP contribution in [0.4, 0.5) is 0 Å². The first-order valence-electron chi connectivity index (χ1n) is 7.78. The third-order valence-electron chi connectivity index (χ3n) is 3.75. The van der Waals surface area contributed by atoms with Gasteiger partial charge in [-0.25, -0.2) is 9.78 Å². The Hall–Kier alpha value is -3.26. The number of nitrogens with zero attached hydrogens (tertiary/aromatic N) is 2. The lowest BCUT2D eigenvalue weighted by molar-refractivity contribution is 0.0415. The zero-order valence-corrected chi connectivity index (χ0v) is 14.5. The topological polar surface area (TPSA) is 98.1 Å². The average molecular weight is 367 g/mol. The molecule has 0 atom stereocenters. The van der Waals surface area contributed by atoms with E-state index in [-0.39, 0.29) is 23.8 Å². The molecule has 4 aromatic rings. The van der Waals surface area contributed by atoms with Crippen LogP contribution in [0.2, 0.25) is 0 Å². The minimum absolute atomic E-state index is 0.00779. The van der Waals surface area contributed by atoms with Crippen LogP contribution in [-0.2, 0) is 11.3 Å². The van der Waals surface area contributed by atoms with E-state index in [1.165, 1.54) is 17.4 Å². The zero-order valence-electron chi connectivity index (χ0n) is 13.7. The van der Waals surface area contributed by atoms with Gasteiger partial charge in [-0.2, -0.15) is 0 Å². The number of rotatable bonds is 4. The SMILES string of the molecule is Cc1cc(C(=O)OCc2nc3scc(-c4ccccc4)c3c(=O)[nH]2)on1. The maximum absolute atomic E-state index is 12.5. The molecule has 4 rings (SSSR count). The van der Waals surface area contributed by atoms with Crippen LogP contribution in [0.5, 0.6) is 0 Å². The van der Waals surface area contributed by atoms with E-state index in [1.54, 1.807) is 6.92 Å². The number of aromatic nitrogens is 3. The molecular weight excluding hydrogens is 354 g/mol. The predicted molar refractivity (Wildman–Crippen MR) is 96.0 cm³/mol. The Morgan fingerprint density at radius 3 is 2.85 bits per heavy atom. The Bertz CT molecular complexity index is 1140. The summed E-state index contributed by atoms with van der Waals surface area (Å²) in [5.41, 5.74) is 2.10. The maximum Gasteiger partial charge on any atom is 0.377 e. The minimum Gasteiger partial charge on any atom is -0.452 e. The lowest BCUT2D eigenvalue weighted by Crippen LogP contribution is -2.14. The number of benzene rings is 1. The molecule has 0 radical (unpaired) electrons. The number of H-pyrrole nitrogens is 1. The fourth-order valence-electron chi connectivity index (χ4n) is 2.56. The Morgan fingerprint density at radius 2 is 2.12 bits per heavy atom. The molecule has 130 valence electrons. The summed E-state index contributed by atoms with van der Waals surface area (Å²) >= 11 is 1.37. The molecule has 0 amide bonds. The highest BCUT2D eigenvalue weighted by atomic mass is 32.1. The fourth-order valence-corrected chi connectivity index (χ4v) is 3.52. The number of aryl methyl sites for hydroxylation is 1. The van der Waals surface area contributed by atoms with Crippen molar-refractivity contribution < 1.29 is 14.1 Å². The van der Waals surface area contributed by atoms with Gasteiger partial charge in [0.15, 0.2) is 0 Å². The number of aromatic amines is 1. The van der Waals surface area contributed by atoms with Gasteiger partial charge in [0.05, 0.1) is 11.1 Å². The first-order chi connectivity index (χ1) is 12.6. The Labute approximate surface area is 151 Å². The molecule has 0 saturated carbocycles. The predicted octanol–water partition coefficient (Wildman–Crippen LogP) is 3.31. The van der Waals surface area contributed by atoms with Crippen molar-refractivity contribution in [2.75, 3.05) is 0 Å². The van der Waals surface area contributed by atoms with Crippen molar-refractivity contribution >= 4 is 27.5 Å². The number of nitrogens with one attached hydrogen (secondary N) is 1. The summed E-state index contributed by atoms with van der Waals surface area (Å²) < 4.78 is 9.97. The standard InChI is InChI=1S/C18H13N3O4S/c1-10-7-13(25-21-10)18(23)24-8-14-19-16(22)15-12(9-26-17(15)20-14)11-5-3-2-4-6-11/h2-7,9H,8H2,1H3,(H,19,20,22). The molecule has 0 aliphatic rings. The quantitative estimate of drug-likeness (QED) is 0.556. The van der Waals surface area contributed by atoms with Gasteiger partial charge in [-0.05, 0) is 12.5 Å². The number of carbonyl (C=O) groups is 1. The highest BCUT2D eigenvalue weighted by molar-refractivity contribution is 7.17. The average Bonchev–Trinajstić information content (AvgIpc) is 3.27. The number of esters is 1. The van der Waals surface area contributed by atoms with Crippen molar-refractivity contribution in [3.8, 4) is 11.1 Å². The van der Waals surface area contributed by atoms with E-state index >= 15 is 0 Å². The summed E-state index contributed by atoms with van der Waals surface area (Å²) in [4.78, 5) is 32.1. The van der Waals surface area contributed by atoms with E-state index in [2.05, 4.69) is 15.1 Å². The van der Waals surface area contributed by atoms with Crippen molar-refractivity contribution in [2.45, 2.75) is 13.5 Å². The Morgan fingerprint density at radius 1 is 1.31 bits per heavy atom. The van der Waals surface area contributed by atoms with Crippen LogP contribution in [-0.4, -0.2) is 21.1 Å². The molecular formula is C18H13N3O4S. The molecule has 0 spiro atoms. The largest absolute Gasteiger partial charge is 0.452 e. The van der Waals surface area contributed by atoms with E-state index in [0.717, 1.165) is 11.1 Å². The summed E-state index contributed by atoms with van der Waals surface area (Å²) in [6.07, 6.45) is 0. The van der Waals surface area contributed by atoms with Gasteiger partial charge >= 0.3 is 5.97 Å². The van der Waals surface area contributed by atoms with Crippen molar-refractivity contribution in [1.29, 1.82) is 0 Å². The van der Waals surface area contributed by atoms with Gasteiger partial charge in [-0.1, -0.05) is 35.5 Å². The minimum atomic E-state index is -0.662. The second kappa shape index (κ2) is 6.57. The molecule has 0 saturated heterocycles. The van der Waals surface area contributed by atoms with Gasteiger partial charge in [-0.15, -0.1) is 11.3 Å². The van der Waals surface area contributed by atoms with Gasteiger partial charge in [0, 0.05) is 17.0 Å². The van der Waals surface area contributed by atoms with Crippen molar-refractivity contribution in [3.63, 3.8) is 0 Å². The van der Waals surface area contributed by atoms with Crippen LogP contribution >= 0.6 is 11.3 Å². The zero-order chi connectivity index (χ0) is 18.1. The molecule has 0 fully saturated rings. The number of fused-ring (bicyclic) bond motifs is 1. The molecule has 26 heavy (non-hydrogen) atoms. The van der Waals surface area contributed by atoms with E-state index < -0.39 is 5.97 Å². The summed E-state index contributed by atoms with van der Waals surface area (Å²) in [5.74, 6) is -0.383. The lowest BCUT2D eigenvalue weighted by atomic mass is 10.1. The number of ether oxygens (including phenoxy) is 1. The van der Waals surface area contributed by atoms with Gasteiger partial charge in [0.2, 0.25) is 5.76 Å². The molecule has 1 N–H and O–H groups in total. The summed E-state index contributed by atoms with van der Waals surface area (Å²) in [5, 5.41) is 6.06. The van der Waals surface area contributed by atoms with Gasteiger partial charge in [0.1, 0.15) is 17.3 Å². The number of carbonyl (C=O) groups excluding carboxylic acids is 1. The van der Waals surface area contributed by atoms with Gasteiger partial charge in [-0.3, -0.25) is 4.79 Å². The summed E-state index contributed by atoms with van der Waals surface area (Å²) in [6.45, 7) is 1.54. The third kappa shape index (κ3) is 3.02. The molecule has 3 aromatic heterocycles. The van der Waals surface area contributed by atoms with Gasteiger partial charge < -0.3 is 14.2 Å². The highest BCUT2D eigenvalue weighted by Crippen LogP contribution is 2.30. The monoisotopic (exact) mass is 367 g/mol. The molecule has 8 heteroatoms. The van der Waals surface area contributed by atoms with Crippen LogP contribution < -0.4 is 5.56 Å². The van der Waals surface area contributed by atoms with E-state index in [4.69, 9.17) is 9.26 Å². The lowest BCUT2D eigenvalue weighted by Gasteiger charge is -2.03. The Kier molecular flexibility index (Phi) is 4.10. The molecule has 0 aliphatic heterocycles. The van der Waals surface area contributed by atoms with Crippen molar-refractivity contribution in [3.05, 3.63) is 69.4 Å². The second-order valence-electron chi connectivity index (χ2n) is 5.62. The summed E-state index contributed by atoms with van der Waals surface area (Å²) in [7, 11) is 0. The summed E-state index contributed by atoms with van der Waals surface area (Å²) in [6, 6.07) is 11.1. The van der Waals surface area contributed by atoms with E-state index in [1.807, 2.05) is 35.7 Å². The normalized spacial score (nSPS) is 11.0. The molecule has 0 bridgehead atoms. The second-order valence-corrected chi connectivity index (χ2v) is 6.47.